The van der Waals surface area contributed by atoms with Gasteiger partial charge in [0.15, 0.2) is 0 Å². The van der Waals surface area contributed by atoms with Crippen LogP contribution >= 0.6 is 0 Å². The highest BCUT2D eigenvalue weighted by Gasteiger charge is 2.32. The number of rotatable bonds is 6. The highest BCUT2D eigenvalue weighted by Crippen LogP contribution is 2.21. The number of nitrogens with zero attached hydrogens (tertiary/aromatic N) is 1. The summed E-state index contributed by atoms with van der Waals surface area (Å²) in [6.07, 6.45) is 5.27. The third-order valence-electron chi connectivity index (χ3n) is 4.20. The Bertz CT molecular complexity index is 209. The smallest absolute Gasteiger partial charge is 0.0252 e. The molecule has 0 radical (unpaired) electrons. The molecule has 0 aromatic rings. The minimum absolute atomic E-state index is 0.288. The summed E-state index contributed by atoms with van der Waals surface area (Å²) in [6.45, 7) is 15.3. The maximum absolute atomic E-state index is 3.69. The molecular formula is C15H32N2. The molecule has 1 aliphatic heterocycles. The van der Waals surface area contributed by atoms with Gasteiger partial charge in [0.1, 0.15) is 0 Å². The molecule has 1 unspecified atom stereocenters. The molecule has 17 heavy (non-hydrogen) atoms. The van der Waals surface area contributed by atoms with Crippen LogP contribution in [0.1, 0.15) is 60.3 Å². The average molecular weight is 240 g/mol. The standard InChI is InChI=1S/C15H32N2/c1-6-9-14-10-16-15(4,5)12-17(14)11-13(7-2)8-3/h13-14,16H,6-12H2,1-5H3. The Hall–Kier alpha value is -0.0800. The molecular weight excluding hydrogens is 208 g/mol. The maximum atomic E-state index is 3.69. The molecule has 0 bridgehead atoms. The molecule has 0 aliphatic carbocycles. The lowest BCUT2D eigenvalue weighted by Crippen LogP contribution is -2.62. The van der Waals surface area contributed by atoms with Crippen molar-refractivity contribution in [1.82, 2.24) is 10.2 Å². The highest BCUT2D eigenvalue weighted by atomic mass is 15.2. The molecule has 0 spiro atoms. The molecule has 1 N–H and O–H groups in total. The van der Waals surface area contributed by atoms with Gasteiger partial charge in [-0.05, 0) is 26.2 Å². The molecule has 1 atom stereocenters. The van der Waals surface area contributed by atoms with Crippen LogP contribution in [0.3, 0.4) is 0 Å². The van der Waals surface area contributed by atoms with Gasteiger partial charge >= 0.3 is 0 Å². The van der Waals surface area contributed by atoms with Gasteiger partial charge in [-0.2, -0.15) is 0 Å². The van der Waals surface area contributed by atoms with Crippen LogP contribution in [0.5, 0.6) is 0 Å². The van der Waals surface area contributed by atoms with Crippen molar-refractivity contribution >= 4 is 0 Å². The van der Waals surface area contributed by atoms with Gasteiger partial charge in [0.05, 0.1) is 0 Å². The predicted octanol–water partition coefficient (Wildman–Crippen LogP) is 3.28. The van der Waals surface area contributed by atoms with E-state index in [1.165, 1.54) is 45.3 Å². The van der Waals surface area contributed by atoms with Crippen LogP contribution in [0.15, 0.2) is 0 Å². The van der Waals surface area contributed by atoms with E-state index in [9.17, 15) is 0 Å². The van der Waals surface area contributed by atoms with E-state index in [0.717, 1.165) is 12.0 Å². The topological polar surface area (TPSA) is 15.3 Å². The monoisotopic (exact) mass is 240 g/mol. The van der Waals surface area contributed by atoms with Gasteiger partial charge < -0.3 is 5.32 Å². The molecule has 2 heteroatoms. The van der Waals surface area contributed by atoms with E-state index in [1.807, 2.05) is 0 Å². The Morgan fingerprint density at radius 3 is 2.41 bits per heavy atom. The first kappa shape index (κ1) is 15.0. The van der Waals surface area contributed by atoms with Gasteiger partial charge in [0.2, 0.25) is 0 Å². The van der Waals surface area contributed by atoms with E-state index >= 15 is 0 Å². The molecule has 1 rings (SSSR count). The van der Waals surface area contributed by atoms with Crippen molar-refractivity contribution in [2.75, 3.05) is 19.6 Å². The van der Waals surface area contributed by atoms with Crippen LogP contribution < -0.4 is 5.32 Å². The first-order valence-corrected chi connectivity index (χ1v) is 7.51. The van der Waals surface area contributed by atoms with Crippen molar-refractivity contribution < 1.29 is 0 Å². The molecule has 0 aromatic heterocycles. The number of piperazine rings is 1. The number of nitrogens with one attached hydrogen (secondary N) is 1. The molecule has 0 amide bonds. The summed E-state index contributed by atoms with van der Waals surface area (Å²) in [5.41, 5.74) is 0.288. The maximum Gasteiger partial charge on any atom is 0.0252 e. The van der Waals surface area contributed by atoms with Crippen molar-refractivity contribution in [1.29, 1.82) is 0 Å². The van der Waals surface area contributed by atoms with Crippen molar-refractivity contribution in [2.45, 2.75) is 71.9 Å². The molecule has 0 saturated carbocycles. The molecule has 102 valence electrons. The summed E-state index contributed by atoms with van der Waals surface area (Å²) in [7, 11) is 0. The van der Waals surface area contributed by atoms with Crippen LogP contribution in [-0.2, 0) is 0 Å². The van der Waals surface area contributed by atoms with Crippen molar-refractivity contribution in [3.8, 4) is 0 Å². The van der Waals surface area contributed by atoms with Gasteiger partial charge in [-0.25, -0.2) is 0 Å². The number of hydrogen-bond donors (Lipinski definition) is 1. The van der Waals surface area contributed by atoms with Crippen molar-refractivity contribution in [3.05, 3.63) is 0 Å². The Labute approximate surface area is 108 Å². The van der Waals surface area contributed by atoms with E-state index in [0.29, 0.717) is 0 Å². The van der Waals surface area contributed by atoms with Gasteiger partial charge in [-0.1, -0.05) is 40.0 Å². The van der Waals surface area contributed by atoms with E-state index in [1.54, 1.807) is 0 Å². The third-order valence-corrected chi connectivity index (χ3v) is 4.20. The van der Waals surface area contributed by atoms with Crippen LogP contribution in [0.25, 0.3) is 0 Å². The molecule has 1 fully saturated rings. The zero-order valence-corrected chi connectivity index (χ0v) is 12.6. The number of hydrogen-bond acceptors (Lipinski definition) is 2. The van der Waals surface area contributed by atoms with Crippen LogP contribution in [0.4, 0.5) is 0 Å². The largest absolute Gasteiger partial charge is 0.309 e. The van der Waals surface area contributed by atoms with Crippen molar-refractivity contribution in [2.24, 2.45) is 5.92 Å². The second-order valence-electron chi connectivity index (χ2n) is 6.32. The Kier molecular flexibility index (Phi) is 5.94. The lowest BCUT2D eigenvalue weighted by molar-refractivity contribution is 0.0724. The Morgan fingerprint density at radius 1 is 1.24 bits per heavy atom. The summed E-state index contributed by atoms with van der Waals surface area (Å²) in [6, 6.07) is 0.758. The fourth-order valence-electron chi connectivity index (χ4n) is 2.93. The van der Waals surface area contributed by atoms with E-state index < -0.39 is 0 Å². The summed E-state index contributed by atoms with van der Waals surface area (Å²) in [5, 5.41) is 3.69. The van der Waals surface area contributed by atoms with Gasteiger partial charge in [-0.3, -0.25) is 4.90 Å². The van der Waals surface area contributed by atoms with Crippen LogP contribution in [-0.4, -0.2) is 36.1 Å². The Balaban J connectivity index is 2.60. The van der Waals surface area contributed by atoms with Gasteiger partial charge in [0, 0.05) is 31.2 Å². The highest BCUT2D eigenvalue weighted by molar-refractivity contribution is 4.92. The first-order valence-electron chi connectivity index (χ1n) is 7.51. The molecule has 1 heterocycles. The third kappa shape index (κ3) is 4.59. The van der Waals surface area contributed by atoms with Crippen LogP contribution in [0.2, 0.25) is 0 Å². The normalized spacial score (nSPS) is 25.4. The molecule has 2 nitrogen and oxygen atoms in total. The quantitative estimate of drug-likeness (QED) is 0.766. The fourth-order valence-corrected chi connectivity index (χ4v) is 2.93. The zero-order chi connectivity index (χ0) is 12.9. The molecule has 1 aliphatic rings. The summed E-state index contributed by atoms with van der Waals surface area (Å²) in [4.78, 5) is 2.75. The average Bonchev–Trinajstić information content (AvgIpc) is 2.29. The second kappa shape index (κ2) is 6.75. The summed E-state index contributed by atoms with van der Waals surface area (Å²) >= 11 is 0. The fraction of sp³-hybridized carbons (Fsp3) is 1.00. The minimum atomic E-state index is 0.288. The minimum Gasteiger partial charge on any atom is -0.309 e. The first-order chi connectivity index (χ1) is 8.02. The SMILES string of the molecule is CCCC1CNC(C)(C)CN1CC(CC)CC. The van der Waals surface area contributed by atoms with E-state index in [4.69, 9.17) is 0 Å². The lowest BCUT2D eigenvalue weighted by atomic mass is 9.94. The molecule has 0 aromatic carbocycles. The molecule has 1 saturated heterocycles. The van der Waals surface area contributed by atoms with Crippen molar-refractivity contribution in [3.63, 3.8) is 0 Å². The van der Waals surface area contributed by atoms with Gasteiger partial charge in [0.25, 0.3) is 0 Å². The summed E-state index contributed by atoms with van der Waals surface area (Å²) < 4.78 is 0. The lowest BCUT2D eigenvalue weighted by Gasteiger charge is -2.46. The predicted molar refractivity (Wildman–Crippen MR) is 76.4 cm³/mol. The zero-order valence-electron chi connectivity index (χ0n) is 12.6. The van der Waals surface area contributed by atoms with E-state index in [-0.39, 0.29) is 5.54 Å². The Morgan fingerprint density at radius 2 is 1.88 bits per heavy atom. The van der Waals surface area contributed by atoms with Gasteiger partial charge in [-0.15, -0.1) is 0 Å². The second-order valence-corrected chi connectivity index (χ2v) is 6.32. The summed E-state index contributed by atoms with van der Waals surface area (Å²) in [5.74, 6) is 0.878. The van der Waals surface area contributed by atoms with Crippen LogP contribution in [0, 0.1) is 5.92 Å². The van der Waals surface area contributed by atoms with E-state index in [2.05, 4.69) is 44.8 Å².